The van der Waals surface area contributed by atoms with Gasteiger partial charge in [-0.15, -0.1) is 11.3 Å². The van der Waals surface area contributed by atoms with Gasteiger partial charge in [0.2, 0.25) is 0 Å². The van der Waals surface area contributed by atoms with Gasteiger partial charge in [-0.25, -0.2) is 4.98 Å². The molecule has 1 aliphatic heterocycles. The van der Waals surface area contributed by atoms with Crippen molar-refractivity contribution in [1.29, 1.82) is 0 Å². The summed E-state index contributed by atoms with van der Waals surface area (Å²) < 4.78 is 16.7. The number of aromatic nitrogens is 1. The standard InChI is InChI=1S/C27H28N2O6S/c1-4-5-6-13-35-20-11-10-17(16-21(20)34-3)23-22(24(30)18-8-7-9-19(15-18)33-2)25(31)26(32)29(23)27-28-12-14-36-27/h7-12,14-16,23,30H,4-6,13H2,1-3H3/b24-22+. The first kappa shape index (κ1) is 25.2. The molecule has 0 saturated carbocycles. The molecular weight excluding hydrogens is 480 g/mol. The number of aliphatic hydroxyl groups excluding tert-OH is 1. The van der Waals surface area contributed by atoms with E-state index >= 15 is 0 Å². The van der Waals surface area contributed by atoms with Crippen molar-refractivity contribution in [1.82, 2.24) is 4.98 Å². The van der Waals surface area contributed by atoms with Gasteiger partial charge in [0.15, 0.2) is 16.6 Å². The number of hydrogen-bond acceptors (Lipinski definition) is 8. The lowest BCUT2D eigenvalue weighted by Gasteiger charge is -2.24. The van der Waals surface area contributed by atoms with Crippen molar-refractivity contribution in [2.24, 2.45) is 0 Å². The third kappa shape index (κ3) is 4.92. The number of carbonyl (C=O) groups excluding carboxylic acids is 2. The molecule has 9 heteroatoms. The van der Waals surface area contributed by atoms with Crippen molar-refractivity contribution in [2.75, 3.05) is 25.7 Å². The van der Waals surface area contributed by atoms with Crippen LogP contribution in [-0.2, 0) is 9.59 Å². The van der Waals surface area contributed by atoms with Crippen molar-refractivity contribution >= 4 is 33.9 Å². The van der Waals surface area contributed by atoms with E-state index in [0.29, 0.717) is 40.1 Å². The minimum Gasteiger partial charge on any atom is -0.507 e. The molecule has 0 radical (unpaired) electrons. The Kier molecular flexibility index (Phi) is 7.90. The minimum atomic E-state index is -0.912. The predicted molar refractivity (Wildman–Crippen MR) is 138 cm³/mol. The molecule has 36 heavy (non-hydrogen) atoms. The predicted octanol–water partition coefficient (Wildman–Crippen LogP) is 5.36. The fourth-order valence-electron chi connectivity index (χ4n) is 4.11. The smallest absolute Gasteiger partial charge is 0.301 e. The molecule has 8 nitrogen and oxygen atoms in total. The number of aliphatic hydroxyl groups is 1. The lowest BCUT2D eigenvalue weighted by molar-refractivity contribution is -0.132. The Morgan fingerprint density at radius 2 is 1.92 bits per heavy atom. The molecule has 1 amide bonds. The number of ether oxygens (including phenoxy) is 3. The molecule has 2 heterocycles. The Morgan fingerprint density at radius 3 is 2.61 bits per heavy atom. The topological polar surface area (TPSA) is 98.2 Å². The van der Waals surface area contributed by atoms with Crippen molar-refractivity contribution < 1.29 is 28.9 Å². The van der Waals surface area contributed by atoms with Gasteiger partial charge in [0.25, 0.3) is 5.78 Å². The van der Waals surface area contributed by atoms with Crippen LogP contribution < -0.4 is 19.1 Å². The van der Waals surface area contributed by atoms with Gasteiger partial charge in [0, 0.05) is 17.1 Å². The summed E-state index contributed by atoms with van der Waals surface area (Å²) in [5, 5.41) is 13.4. The first-order valence-corrected chi connectivity index (χ1v) is 12.5. The Hall–Kier alpha value is -3.85. The number of methoxy groups -OCH3 is 2. The van der Waals surface area contributed by atoms with E-state index in [-0.39, 0.29) is 11.3 Å². The number of nitrogens with zero attached hydrogens (tertiary/aromatic N) is 2. The highest BCUT2D eigenvalue weighted by molar-refractivity contribution is 7.14. The average molecular weight is 509 g/mol. The van der Waals surface area contributed by atoms with E-state index < -0.39 is 17.7 Å². The van der Waals surface area contributed by atoms with Crippen LogP contribution in [0.5, 0.6) is 17.2 Å². The maximum absolute atomic E-state index is 13.3. The molecule has 1 atom stereocenters. The fraction of sp³-hybridized carbons (Fsp3) is 0.296. The number of Topliss-reactive ketones (excluding diaryl/α,β-unsaturated/α-hetero) is 1. The molecule has 1 fully saturated rings. The molecule has 3 aromatic rings. The monoisotopic (exact) mass is 508 g/mol. The summed E-state index contributed by atoms with van der Waals surface area (Å²) in [7, 11) is 3.05. The maximum Gasteiger partial charge on any atom is 0.301 e. The van der Waals surface area contributed by atoms with Gasteiger partial charge in [-0.1, -0.05) is 38.0 Å². The normalized spacial score (nSPS) is 16.9. The zero-order chi connectivity index (χ0) is 25.7. The van der Waals surface area contributed by atoms with Crippen LogP contribution in [0, 0.1) is 0 Å². The summed E-state index contributed by atoms with van der Waals surface area (Å²) in [6.07, 6.45) is 4.63. The number of carbonyl (C=O) groups is 2. The minimum absolute atomic E-state index is 0.0397. The van der Waals surface area contributed by atoms with Crippen molar-refractivity contribution in [3.05, 3.63) is 70.7 Å². The van der Waals surface area contributed by atoms with Crippen molar-refractivity contribution in [2.45, 2.75) is 32.2 Å². The lowest BCUT2D eigenvalue weighted by Crippen LogP contribution is -2.29. The van der Waals surface area contributed by atoms with Gasteiger partial charge >= 0.3 is 5.91 Å². The highest BCUT2D eigenvalue weighted by Crippen LogP contribution is 2.44. The van der Waals surface area contributed by atoms with E-state index in [2.05, 4.69) is 11.9 Å². The van der Waals surface area contributed by atoms with Gasteiger partial charge in [-0.2, -0.15) is 0 Å². The zero-order valence-corrected chi connectivity index (χ0v) is 21.2. The highest BCUT2D eigenvalue weighted by atomic mass is 32.1. The quantitative estimate of drug-likeness (QED) is 0.170. The van der Waals surface area contributed by atoms with Crippen LogP contribution in [0.1, 0.15) is 43.4 Å². The summed E-state index contributed by atoms with van der Waals surface area (Å²) in [6, 6.07) is 11.0. The Bertz CT molecular complexity index is 1270. The van der Waals surface area contributed by atoms with Crippen LogP contribution in [0.25, 0.3) is 5.76 Å². The summed E-state index contributed by atoms with van der Waals surface area (Å²) >= 11 is 1.23. The van der Waals surface area contributed by atoms with E-state index in [1.807, 2.05) is 0 Å². The van der Waals surface area contributed by atoms with Gasteiger partial charge in [0.1, 0.15) is 11.5 Å². The van der Waals surface area contributed by atoms with Crippen LogP contribution in [-0.4, -0.2) is 42.6 Å². The van der Waals surface area contributed by atoms with Crippen LogP contribution in [0.15, 0.2) is 59.6 Å². The Balaban J connectivity index is 1.82. The molecular formula is C27H28N2O6S. The van der Waals surface area contributed by atoms with Crippen molar-refractivity contribution in [3.63, 3.8) is 0 Å². The van der Waals surface area contributed by atoms with Crippen LogP contribution in [0.3, 0.4) is 0 Å². The molecule has 1 N–H and O–H groups in total. The Labute approximate surface area is 213 Å². The summed E-state index contributed by atoms with van der Waals surface area (Å²) in [4.78, 5) is 32.0. The molecule has 1 unspecified atom stereocenters. The number of unbranched alkanes of at least 4 members (excludes halogenated alkanes) is 2. The van der Waals surface area contributed by atoms with E-state index in [1.54, 1.807) is 54.0 Å². The van der Waals surface area contributed by atoms with Crippen LogP contribution in [0.4, 0.5) is 5.13 Å². The third-order valence-electron chi connectivity index (χ3n) is 5.92. The van der Waals surface area contributed by atoms with E-state index in [4.69, 9.17) is 14.2 Å². The van der Waals surface area contributed by atoms with E-state index in [1.165, 1.54) is 30.5 Å². The molecule has 2 aromatic carbocycles. The largest absolute Gasteiger partial charge is 0.507 e. The molecule has 188 valence electrons. The van der Waals surface area contributed by atoms with Gasteiger partial charge < -0.3 is 19.3 Å². The number of rotatable bonds is 10. The molecule has 4 rings (SSSR count). The second kappa shape index (κ2) is 11.3. The highest BCUT2D eigenvalue weighted by Gasteiger charge is 2.48. The molecule has 1 aromatic heterocycles. The zero-order valence-electron chi connectivity index (χ0n) is 20.4. The first-order valence-electron chi connectivity index (χ1n) is 11.7. The molecule has 1 aliphatic rings. The van der Waals surface area contributed by atoms with Crippen molar-refractivity contribution in [3.8, 4) is 17.2 Å². The SMILES string of the molecule is CCCCCOc1ccc(C2/C(=C(\O)c3cccc(OC)c3)C(=O)C(=O)N2c2nccs2)cc1OC. The average Bonchev–Trinajstić information content (AvgIpc) is 3.53. The summed E-state index contributed by atoms with van der Waals surface area (Å²) in [5.74, 6) is -0.315. The van der Waals surface area contributed by atoms with Crippen LogP contribution in [0.2, 0.25) is 0 Å². The number of thiazole rings is 1. The van der Waals surface area contributed by atoms with Gasteiger partial charge in [-0.3, -0.25) is 14.5 Å². The van der Waals surface area contributed by atoms with E-state index in [9.17, 15) is 14.7 Å². The van der Waals surface area contributed by atoms with Crippen LogP contribution >= 0.6 is 11.3 Å². The molecule has 1 saturated heterocycles. The fourth-order valence-corrected chi connectivity index (χ4v) is 4.78. The molecule has 0 bridgehead atoms. The summed E-state index contributed by atoms with van der Waals surface area (Å²) in [6.45, 7) is 2.68. The number of anilines is 1. The lowest BCUT2D eigenvalue weighted by atomic mass is 9.95. The number of ketones is 1. The Morgan fingerprint density at radius 1 is 1.08 bits per heavy atom. The second-order valence-electron chi connectivity index (χ2n) is 8.18. The first-order chi connectivity index (χ1) is 17.5. The van der Waals surface area contributed by atoms with Gasteiger partial charge in [0.05, 0.1) is 32.4 Å². The number of benzene rings is 2. The summed E-state index contributed by atoms with van der Waals surface area (Å²) in [5.41, 5.74) is 0.896. The maximum atomic E-state index is 13.3. The van der Waals surface area contributed by atoms with E-state index in [0.717, 1.165) is 19.3 Å². The second-order valence-corrected chi connectivity index (χ2v) is 9.05. The number of hydrogen-bond donors (Lipinski definition) is 1. The number of amides is 1. The molecule has 0 aliphatic carbocycles. The molecule has 0 spiro atoms. The third-order valence-corrected chi connectivity index (χ3v) is 6.69. The van der Waals surface area contributed by atoms with Gasteiger partial charge in [-0.05, 0) is 36.2 Å².